The number of benzene rings is 1. The molecule has 1 aromatic carbocycles. The van der Waals surface area contributed by atoms with Crippen molar-refractivity contribution < 1.29 is 9.72 Å². The minimum Gasteiger partial charge on any atom is -0.348 e. The van der Waals surface area contributed by atoms with E-state index in [4.69, 9.17) is 0 Å². The standard InChI is InChI=1S/C16H16N2O3S/c19-16(13-10-22-15-8-4-2-6-12(13)15)17-9-11-5-1-3-7-14(11)18(20)21/h1,3,5,7,10H,2,4,6,8-9H2,(H,17,19). The van der Waals surface area contributed by atoms with Crippen molar-refractivity contribution in [1.29, 1.82) is 0 Å². The van der Waals surface area contributed by atoms with Crippen LogP contribution in [0.4, 0.5) is 5.69 Å². The smallest absolute Gasteiger partial charge is 0.274 e. The number of hydrogen-bond acceptors (Lipinski definition) is 4. The summed E-state index contributed by atoms with van der Waals surface area (Å²) in [5.41, 5.74) is 2.45. The third kappa shape index (κ3) is 2.87. The molecule has 0 bridgehead atoms. The Hall–Kier alpha value is -2.21. The number of nitro benzene ring substituents is 1. The Labute approximate surface area is 132 Å². The second-order valence-electron chi connectivity index (χ2n) is 5.33. The SMILES string of the molecule is O=C(NCc1ccccc1[N+](=O)[O-])c1csc2c1CCCC2. The molecule has 0 unspecified atom stereocenters. The van der Waals surface area contributed by atoms with Crippen molar-refractivity contribution in [1.82, 2.24) is 5.32 Å². The zero-order valence-corrected chi connectivity index (χ0v) is 12.8. The van der Waals surface area contributed by atoms with Crippen molar-refractivity contribution >= 4 is 22.9 Å². The fourth-order valence-electron chi connectivity index (χ4n) is 2.79. The highest BCUT2D eigenvalue weighted by atomic mass is 32.1. The summed E-state index contributed by atoms with van der Waals surface area (Å²) in [6.45, 7) is 0.167. The molecule has 6 heteroatoms. The maximum Gasteiger partial charge on any atom is 0.274 e. The monoisotopic (exact) mass is 316 g/mol. The molecular formula is C16H16N2O3S. The van der Waals surface area contributed by atoms with Gasteiger partial charge in [-0.05, 0) is 31.2 Å². The van der Waals surface area contributed by atoms with E-state index < -0.39 is 4.92 Å². The molecule has 1 heterocycles. The number of hydrogen-bond donors (Lipinski definition) is 1. The molecule has 5 nitrogen and oxygen atoms in total. The number of fused-ring (bicyclic) bond motifs is 1. The van der Waals surface area contributed by atoms with Crippen molar-refractivity contribution in [2.24, 2.45) is 0 Å². The van der Waals surface area contributed by atoms with Gasteiger partial charge in [-0.3, -0.25) is 14.9 Å². The number of carbonyl (C=O) groups is 1. The van der Waals surface area contributed by atoms with Crippen LogP contribution in [0, 0.1) is 10.1 Å². The summed E-state index contributed by atoms with van der Waals surface area (Å²) in [7, 11) is 0. The molecule has 1 N–H and O–H groups in total. The van der Waals surface area contributed by atoms with E-state index in [1.165, 1.54) is 17.4 Å². The van der Waals surface area contributed by atoms with Crippen molar-refractivity contribution in [2.75, 3.05) is 0 Å². The van der Waals surface area contributed by atoms with Crippen molar-refractivity contribution in [2.45, 2.75) is 32.2 Å². The maximum atomic E-state index is 12.4. The van der Waals surface area contributed by atoms with Crippen molar-refractivity contribution in [3.8, 4) is 0 Å². The summed E-state index contributed by atoms with van der Waals surface area (Å²) in [6, 6.07) is 6.48. The molecule has 0 saturated carbocycles. The molecule has 0 spiro atoms. The molecule has 0 atom stereocenters. The molecule has 2 aromatic rings. The normalized spacial score (nSPS) is 13.5. The third-order valence-electron chi connectivity index (χ3n) is 3.93. The summed E-state index contributed by atoms with van der Waals surface area (Å²) in [5, 5.41) is 15.7. The zero-order chi connectivity index (χ0) is 15.5. The van der Waals surface area contributed by atoms with E-state index in [1.807, 2.05) is 5.38 Å². The molecule has 1 aliphatic carbocycles. The van der Waals surface area contributed by atoms with E-state index in [0.717, 1.165) is 30.4 Å². The zero-order valence-electron chi connectivity index (χ0n) is 12.0. The lowest BCUT2D eigenvalue weighted by atomic mass is 9.95. The second kappa shape index (κ2) is 6.27. The maximum absolute atomic E-state index is 12.4. The minimum atomic E-state index is -0.423. The molecule has 1 amide bonds. The molecule has 22 heavy (non-hydrogen) atoms. The number of para-hydroxylation sites is 1. The summed E-state index contributed by atoms with van der Waals surface area (Å²) in [6.07, 6.45) is 4.31. The van der Waals surface area contributed by atoms with Gasteiger partial charge in [-0.25, -0.2) is 0 Å². The quantitative estimate of drug-likeness (QED) is 0.693. The molecule has 3 rings (SSSR count). The Morgan fingerprint density at radius 1 is 1.27 bits per heavy atom. The first kappa shape index (κ1) is 14.7. The average Bonchev–Trinajstić information content (AvgIpc) is 2.97. The molecule has 1 aliphatic rings. The summed E-state index contributed by atoms with van der Waals surface area (Å²) in [5.74, 6) is -0.141. The number of nitrogens with zero attached hydrogens (tertiary/aromatic N) is 1. The van der Waals surface area contributed by atoms with E-state index in [0.29, 0.717) is 5.56 Å². The van der Waals surface area contributed by atoms with Gasteiger partial charge >= 0.3 is 0 Å². The van der Waals surface area contributed by atoms with Gasteiger partial charge in [-0.15, -0.1) is 11.3 Å². The van der Waals surface area contributed by atoms with Crippen molar-refractivity contribution in [3.05, 3.63) is 61.3 Å². The Morgan fingerprint density at radius 2 is 2.05 bits per heavy atom. The largest absolute Gasteiger partial charge is 0.348 e. The molecule has 0 fully saturated rings. The lowest BCUT2D eigenvalue weighted by Gasteiger charge is -2.12. The van der Waals surface area contributed by atoms with Gasteiger partial charge in [-0.1, -0.05) is 18.2 Å². The van der Waals surface area contributed by atoms with Crippen LogP contribution in [0.2, 0.25) is 0 Å². The topological polar surface area (TPSA) is 72.2 Å². The van der Waals surface area contributed by atoms with Gasteiger partial charge in [0.1, 0.15) is 0 Å². The molecule has 0 aliphatic heterocycles. The fraction of sp³-hybridized carbons (Fsp3) is 0.312. The van der Waals surface area contributed by atoms with Crippen LogP contribution in [0.1, 0.15) is 39.2 Å². The number of nitro groups is 1. The Bertz CT molecular complexity index is 724. The number of carbonyl (C=O) groups excluding carboxylic acids is 1. The second-order valence-corrected chi connectivity index (χ2v) is 6.29. The first-order valence-electron chi connectivity index (χ1n) is 7.26. The van der Waals surface area contributed by atoms with E-state index in [2.05, 4.69) is 5.32 Å². The van der Waals surface area contributed by atoms with Gasteiger partial charge in [0.2, 0.25) is 0 Å². The first-order valence-corrected chi connectivity index (χ1v) is 8.14. The number of rotatable bonds is 4. The van der Waals surface area contributed by atoms with Crippen LogP contribution in [0.25, 0.3) is 0 Å². The van der Waals surface area contributed by atoms with Gasteiger partial charge in [0.15, 0.2) is 0 Å². The Morgan fingerprint density at radius 3 is 2.86 bits per heavy atom. The minimum absolute atomic E-state index is 0.0372. The van der Waals surface area contributed by atoms with E-state index >= 15 is 0 Å². The first-order chi connectivity index (χ1) is 10.7. The Kier molecular flexibility index (Phi) is 4.20. The fourth-order valence-corrected chi connectivity index (χ4v) is 3.92. The average molecular weight is 316 g/mol. The van der Waals surface area contributed by atoms with E-state index in [1.54, 1.807) is 29.5 Å². The Balaban J connectivity index is 1.73. The predicted molar refractivity (Wildman–Crippen MR) is 85.2 cm³/mol. The van der Waals surface area contributed by atoms with Crippen molar-refractivity contribution in [3.63, 3.8) is 0 Å². The van der Waals surface area contributed by atoms with Gasteiger partial charge in [0.25, 0.3) is 11.6 Å². The molecule has 0 radical (unpaired) electrons. The van der Waals surface area contributed by atoms with Crippen LogP contribution in [0.5, 0.6) is 0 Å². The predicted octanol–water partition coefficient (Wildman–Crippen LogP) is 3.47. The van der Waals surface area contributed by atoms with Crippen LogP contribution in [0.3, 0.4) is 0 Å². The molecule has 1 aromatic heterocycles. The highest BCUT2D eigenvalue weighted by molar-refractivity contribution is 7.10. The van der Waals surface area contributed by atoms with E-state index in [-0.39, 0.29) is 18.1 Å². The summed E-state index contributed by atoms with van der Waals surface area (Å²) >= 11 is 1.64. The summed E-state index contributed by atoms with van der Waals surface area (Å²) in [4.78, 5) is 24.2. The highest BCUT2D eigenvalue weighted by Crippen LogP contribution is 2.30. The number of aryl methyl sites for hydroxylation is 1. The van der Waals surface area contributed by atoms with Crippen LogP contribution < -0.4 is 5.32 Å². The lowest BCUT2D eigenvalue weighted by molar-refractivity contribution is -0.385. The summed E-state index contributed by atoms with van der Waals surface area (Å²) < 4.78 is 0. The lowest BCUT2D eigenvalue weighted by Crippen LogP contribution is -2.24. The van der Waals surface area contributed by atoms with Crippen LogP contribution in [-0.2, 0) is 19.4 Å². The molecule has 0 saturated heterocycles. The number of thiophene rings is 1. The van der Waals surface area contributed by atoms with Crippen LogP contribution >= 0.6 is 11.3 Å². The number of nitrogens with one attached hydrogen (secondary N) is 1. The van der Waals surface area contributed by atoms with Gasteiger partial charge in [0.05, 0.1) is 10.5 Å². The van der Waals surface area contributed by atoms with Crippen LogP contribution in [0.15, 0.2) is 29.6 Å². The van der Waals surface area contributed by atoms with Crippen LogP contribution in [-0.4, -0.2) is 10.8 Å². The van der Waals surface area contributed by atoms with Gasteiger partial charge < -0.3 is 5.32 Å². The number of amides is 1. The molecular weight excluding hydrogens is 300 g/mol. The van der Waals surface area contributed by atoms with Gasteiger partial charge in [-0.2, -0.15) is 0 Å². The highest BCUT2D eigenvalue weighted by Gasteiger charge is 2.20. The van der Waals surface area contributed by atoms with Gasteiger partial charge in [0, 0.05) is 28.4 Å². The molecule has 114 valence electrons. The van der Waals surface area contributed by atoms with E-state index in [9.17, 15) is 14.9 Å². The third-order valence-corrected chi connectivity index (χ3v) is 5.02.